The summed E-state index contributed by atoms with van der Waals surface area (Å²) in [5, 5.41) is 0. The van der Waals surface area contributed by atoms with Crippen LogP contribution in [0.1, 0.15) is 75.6 Å². The average Bonchev–Trinajstić information content (AvgIpc) is 3.14. The van der Waals surface area contributed by atoms with Gasteiger partial charge in [-0.2, -0.15) is 0 Å². The lowest BCUT2D eigenvalue weighted by atomic mass is 9.78. The second kappa shape index (κ2) is 21.5. The van der Waals surface area contributed by atoms with Gasteiger partial charge < -0.3 is 33.2 Å². The van der Waals surface area contributed by atoms with Crippen molar-refractivity contribution in [1.29, 1.82) is 0 Å². The summed E-state index contributed by atoms with van der Waals surface area (Å²) in [4.78, 5) is 85.2. The molecule has 0 radical (unpaired) electrons. The molecule has 1 fully saturated rings. The molecule has 14 nitrogen and oxygen atoms in total. The molecule has 0 aromatic heterocycles. The molecule has 0 N–H and O–H groups in total. The van der Waals surface area contributed by atoms with Gasteiger partial charge in [0.25, 0.3) is 0 Å². The fraction of sp³-hybridized carbons (Fsp3) is 0.410. The van der Waals surface area contributed by atoms with E-state index in [4.69, 9.17) is 33.2 Å². The smallest absolute Gasteiger partial charge is 0.462 e. The zero-order valence-corrected chi connectivity index (χ0v) is 29.9. The van der Waals surface area contributed by atoms with Gasteiger partial charge in [0.1, 0.15) is 17.2 Å². The minimum absolute atomic E-state index is 0.0547. The molecule has 2 aromatic carbocycles. The maximum absolute atomic E-state index is 13.0. The summed E-state index contributed by atoms with van der Waals surface area (Å²) in [7, 11) is 0. The quantitative estimate of drug-likeness (QED) is 0.0217. The SMILES string of the molecule is C=C(C)C(=O)OCCCCOC(=O)Oc1ccc(OC(=O)C2CCC(C(=O)C(=O)c3ccc(OC(=O)OCCCCOC(=O)C(=C)C)cc3)CC2)cc1. The molecule has 0 amide bonds. The molecule has 3 rings (SSSR count). The van der Waals surface area contributed by atoms with E-state index in [1.54, 1.807) is 13.8 Å². The van der Waals surface area contributed by atoms with Crippen molar-refractivity contribution >= 4 is 41.8 Å². The van der Waals surface area contributed by atoms with Crippen LogP contribution in [0.3, 0.4) is 0 Å². The molecule has 0 heterocycles. The molecule has 1 aliphatic rings. The topological polar surface area (TPSA) is 184 Å². The third-order valence-electron chi connectivity index (χ3n) is 7.90. The fourth-order valence-corrected chi connectivity index (χ4v) is 4.92. The monoisotopic (exact) mass is 736 g/mol. The predicted molar refractivity (Wildman–Crippen MR) is 187 cm³/mol. The van der Waals surface area contributed by atoms with E-state index in [0.29, 0.717) is 62.5 Å². The Kier molecular flexibility index (Phi) is 16.9. The van der Waals surface area contributed by atoms with Crippen LogP contribution in [-0.2, 0) is 38.1 Å². The summed E-state index contributed by atoms with van der Waals surface area (Å²) in [5.41, 5.74) is 0.747. The molecule has 0 atom stereocenters. The number of ether oxygens (including phenoxy) is 7. The number of benzene rings is 2. The number of hydrogen-bond donors (Lipinski definition) is 0. The van der Waals surface area contributed by atoms with Crippen LogP contribution in [-0.4, -0.2) is 68.2 Å². The van der Waals surface area contributed by atoms with E-state index in [2.05, 4.69) is 13.2 Å². The average molecular weight is 737 g/mol. The first-order valence-electron chi connectivity index (χ1n) is 17.2. The van der Waals surface area contributed by atoms with Gasteiger partial charge in [0, 0.05) is 22.6 Å². The molecule has 284 valence electrons. The predicted octanol–water partition coefficient (Wildman–Crippen LogP) is 6.68. The van der Waals surface area contributed by atoms with Crippen molar-refractivity contribution in [3.63, 3.8) is 0 Å². The van der Waals surface area contributed by atoms with Gasteiger partial charge in [0.15, 0.2) is 0 Å². The number of ketones is 2. The van der Waals surface area contributed by atoms with Crippen LogP contribution >= 0.6 is 0 Å². The molecule has 0 saturated heterocycles. The highest BCUT2D eigenvalue weighted by Gasteiger charge is 2.34. The van der Waals surface area contributed by atoms with Gasteiger partial charge in [-0.25, -0.2) is 19.2 Å². The largest absolute Gasteiger partial charge is 0.513 e. The summed E-state index contributed by atoms with van der Waals surface area (Å²) in [5.74, 6) is -3.11. The van der Waals surface area contributed by atoms with Crippen LogP contribution in [0, 0.1) is 11.8 Å². The lowest BCUT2D eigenvalue weighted by Crippen LogP contribution is -2.31. The van der Waals surface area contributed by atoms with Crippen molar-refractivity contribution in [3.8, 4) is 17.2 Å². The van der Waals surface area contributed by atoms with Crippen molar-refractivity contribution < 1.29 is 66.7 Å². The van der Waals surface area contributed by atoms with Crippen LogP contribution in [0.2, 0.25) is 0 Å². The molecule has 53 heavy (non-hydrogen) atoms. The molecule has 0 aliphatic heterocycles. The van der Waals surface area contributed by atoms with Crippen LogP contribution in [0.4, 0.5) is 9.59 Å². The first-order valence-corrected chi connectivity index (χ1v) is 17.2. The Bertz CT molecular complexity index is 1630. The van der Waals surface area contributed by atoms with E-state index in [0.717, 1.165) is 0 Å². The van der Waals surface area contributed by atoms with E-state index < -0.39 is 53.6 Å². The molecule has 0 unspecified atom stereocenters. The Hall–Kier alpha value is -5.79. The molecule has 0 spiro atoms. The van der Waals surface area contributed by atoms with Crippen molar-refractivity contribution in [2.75, 3.05) is 26.4 Å². The molecule has 2 aromatic rings. The Morgan fingerprint density at radius 1 is 0.528 bits per heavy atom. The molecular formula is C39H44O14. The molecular weight excluding hydrogens is 692 g/mol. The summed E-state index contributed by atoms with van der Waals surface area (Å²) in [6.45, 7) is 10.6. The van der Waals surface area contributed by atoms with Gasteiger partial charge in [-0.15, -0.1) is 0 Å². The Morgan fingerprint density at radius 2 is 0.887 bits per heavy atom. The Labute approximate surface area is 307 Å². The standard InChI is InChI=1S/C39H44O14/c1-25(2)35(42)47-21-5-7-23-49-38(45)52-31-15-13-28(14-16-31)34(41)33(40)27-9-11-29(12-10-27)37(44)51-30-17-19-32(20-18-30)53-39(46)50-24-8-6-22-48-36(43)26(3)4/h13-20,27,29H,1,3,5-12,21-24H2,2,4H3. The Balaban J connectivity index is 1.32. The molecule has 1 saturated carbocycles. The normalized spacial score (nSPS) is 14.8. The lowest BCUT2D eigenvalue weighted by molar-refractivity contribution is -0.141. The zero-order chi connectivity index (χ0) is 38.8. The number of rotatable bonds is 19. The van der Waals surface area contributed by atoms with Crippen molar-refractivity contribution in [2.24, 2.45) is 11.8 Å². The van der Waals surface area contributed by atoms with Gasteiger partial charge in [-0.05, 0) is 114 Å². The number of Topliss-reactive ketones (excluding diaryl/α,β-unsaturated/α-hetero) is 2. The Morgan fingerprint density at radius 3 is 1.30 bits per heavy atom. The second-order valence-electron chi connectivity index (χ2n) is 12.3. The number of carbonyl (C=O) groups is 7. The number of carbonyl (C=O) groups excluding carboxylic acids is 7. The zero-order valence-electron chi connectivity index (χ0n) is 29.9. The molecule has 1 aliphatic carbocycles. The number of unbranched alkanes of at least 4 members (excludes halogenated alkanes) is 2. The van der Waals surface area contributed by atoms with E-state index in [1.165, 1.54) is 48.5 Å². The highest BCUT2D eigenvalue weighted by atomic mass is 16.7. The van der Waals surface area contributed by atoms with Gasteiger partial charge in [-0.1, -0.05) is 13.2 Å². The summed E-state index contributed by atoms with van der Waals surface area (Å²) < 4.78 is 35.6. The molecule has 0 bridgehead atoms. The van der Waals surface area contributed by atoms with Crippen molar-refractivity contribution in [3.05, 3.63) is 78.4 Å². The first kappa shape index (κ1) is 41.6. The number of esters is 3. The van der Waals surface area contributed by atoms with Crippen LogP contribution in [0.15, 0.2) is 72.8 Å². The van der Waals surface area contributed by atoms with E-state index >= 15 is 0 Å². The molecule has 14 heteroatoms. The van der Waals surface area contributed by atoms with Crippen LogP contribution < -0.4 is 14.2 Å². The maximum Gasteiger partial charge on any atom is 0.513 e. The lowest BCUT2D eigenvalue weighted by Gasteiger charge is -2.25. The van der Waals surface area contributed by atoms with Gasteiger partial charge >= 0.3 is 30.2 Å². The summed E-state index contributed by atoms with van der Waals surface area (Å²) in [6, 6.07) is 11.4. The minimum Gasteiger partial charge on any atom is -0.462 e. The van der Waals surface area contributed by atoms with Crippen LogP contribution in [0.5, 0.6) is 17.2 Å². The third kappa shape index (κ3) is 14.8. The summed E-state index contributed by atoms with van der Waals surface area (Å²) >= 11 is 0. The second-order valence-corrected chi connectivity index (χ2v) is 12.3. The first-order chi connectivity index (χ1) is 25.3. The maximum atomic E-state index is 13.0. The minimum atomic E-state index is -0.941. The van der Waals surface area contributed by atoms with Gasteiger partial charge in [0.05, 0.1) is 32.3 Å². The fourth-order valence-electron chi connectivity index (χ4n) is 4.92. The van der Waals surface area contributed by atoms with Gasteiger partial charge in [-0.3, -0.25) is 14.4 Å². The third-order valence-corrected chi connectivity index (χ3v) is 7.90. The number of hydrogen-bond acceptors (Lipinski definition) is 14. The van der Waals surface area contributed by atoms with E-state index in [1.807, 2.05) is 0 Å². The highest BCUT2D eigenvalue weighted by molar-refractivity contribution is 6.44. The summed E-state index contributed by atoms with van der Waals surface area (Å²) in [6.07, 6.45) is 1.44. The van der Waals surface area contributed by atoms with Crippen molar-refractivity contribution in [2.45, 2.75) is 65.2 Å². The van der Waals surface area contributed by atoms with Gasteiger partial charge in [0.2, 0.25) is 11.6 Å². The van der Waals surface area contributed by atoms with Crippen LogP contribution in [0.25, 0.3) is 0 Å². The van der Waals surface area contributed by atoms with Crippen molar-refractivity contribution in [1.82, 2.24) is 0 Å². The highest BCUT2D eigenvalue weighted by Crippen LogP contribution is 2.32. The van der Waals surface area contributed by atoms with E-state index in [-0.39, 0.29) is 49.2 Å². The van der Waals surface area contributed by atoms with E-state index in [9.17, 15) is 33.6 Å².